The fraction of sp³-hybridized carbons (Fsp3) is 0.455. The van der Waals surface area contributed by atoms with E-state index in [1.54, 1.807) is 63.5 Å². The van der Waals surface area contributed by atoms with E-state index < -0.39 is 48.5 Å². The zero-order valence-corrected chi connectivity index (χ0v) is 43.3. The number of anilines is 3. The lowest BCUT2D eigenvalue weighted by Crippen LogP contribution is -2.50. The number of aliphatic hydroxyl groups excluding tert-OH is 2. The minimum Gasteiger partial charge on any atom is -0.493 e. The molecular weight excluding hydrogens is 967 g/mol. The lowest BCUT2D eigenvalue weighted by atomic mass is 10.0. The molecule has 2 fully saturated rings. The molecule has 20 heteroatoms. The highest BCUT2D eigenvalue weighted by molar-refractivity contribution is 6.06. The van der Waals surface area contributed by atoms with E-state index >= 15 is 0 Å². The highest BCUT2D eigenvalue weighted by Gasteiger charge is 2.58. The summed E-state index contributed by atoms with van der Waals surface area (Å²) in [5.74, 6) is 1.37. The Labute approximate surface area is 435 Å². The number of nitrogens with one attached hydrogen (secondary N) is 3. The number of rotatable bonds is 18. The van der Waals surface area contributed by atoms with Crippen molar-refractivity contribution >= 4 is 46.5 Å². The van der Waals surface area contributed by atoms with Crippen LogP contribution in [0.5, 0.6) is 34.5 Å². The lowest BCUT2D eigenvalue weighted by Gasteiger charge is -2.31. The Morgan fingerprint density at radius 3 is 2.16 bits per heavy atom. The lowest BCUT2D eigenvalue weighted by molar-refractivity contribution is -0.127. The Kier molecular flexibility index (Phi) is 15.3. The van der Waals surface area contributed by atoms with Crippen molar-refractivity contribution in [3.63, 3.8) is 0 Å². The first-order chi connectivity index (χ1) is 36.0. The van der Waals surface area contributed by atoms with Crippen molar-refractivity contribution in [2.24, 2.45) is 17.1 Å². The van der Waals surface area contributed by atoms with Gasteiger partial charge in [0.1, 0.15) is 12.6 Å². The molecule has 9 rings (SSSR count). The number of carbonyl (C=O) groups excluding carboxylic acids is 4. The molecule has 7 N–H and O–H groups in total. The van der Waals surface area contributed by atoms with Gasteiger partial charge in [0.05, 0.1) is 71.0 Å². The van der Waals surface area contributed by atoms with Crippen LogP contribution in [0.1, 0.15) is 86.2 Å². The first-order valence-corrected chi connectivity index (χ1v) is 25.3. The number of ether oxygens (including phenoxy) is 7. The maximum absolute atomic E-state index is 14.4. The monoisotopic (exact) mass is 1030 g/mol. The molecule has 400 valence electrons. The van der Waals surface area contributed by atoms with Gasteiger partial charge in [0.25, 0.3) is 5.91 Å². The molecule has 4 aromatic carbocycles. The van der Waals surface area contributed by atoms with E-state index in [9.17, 15) is 29.4 Å². The second-order valence-electron chi connectivity index (χ2n) is 20.2. The van der Waals surface area contributed by atoms with Crippen LogP contribution in [0, 0.1) is 11.3 Å². The van der Waals surface area contributed by atoms with Crippen LogP contribution >= 0.6 is 0 Å². The molecule has 0 radical (unpaired) electrons. The molecule has 0 bridgehead atoms. The van der Waals surface area contributed by atoms with Crippen LogP contribution < -0.4 is 55.0 Å². The van der Waals surface area contributed by atoms with Gasteiger partial charge in [0.2, 0.25) is 11.8 Å². The minimum atomic E-state index is -1.44. The third kappa shape index (κ3) is 10.8. The van der Waals surface area contributed by atoms with E-state index in [1.165, 1.54) is 19.2 Å². The summed E-state index contributed by atoms with van der Waals surface area (Å²) in [5.41, 5.74) is 10.5. The van der Waals surface area contributed by atoms with Gasteiger partial charge in [-0.25, -0.2) is 9.69 Å². The van der Waals surface area contributed by atoms with Crippen molar-refractivity contribution in [1.82, 2.24) is 15.1 Å². The van der Waals surface area contributed by atoms with Crippen molar-refractivity contribution in [1.29, 1.82) is 0 Å². The highest BCUT2D eigenvalue weighted by Crippen LogP contribution is 2.57. The van der Waals surface area contributed by atoms with E-state index in [-0.39, 0.29) is 65.9 Å². The van der Waals surface area contributed by atoms with E-state index in [0.717, 1.165) is 28.9 Å². The molecule has 20 nitrogen and oxygen atoms in total. The molecule has 1 saturated carbocycles. The Morgan fingerprint density at radius 2 is 1.49 bits per heavy atom. The number of aliphatic hydroxyl groups is 2. The number of amides is 4. The van der Waals surface area contributed by atoms with Crippen molar-refractivity contribution in [3.05, 3.63) is 95.2 Å². The van der Waals surface area contributed by atoms with Crippen LogP contribution in [0.3, 0.4) is 0 Å². The number of benzene rings is 4. The predicted molar refractivity (Wildman–Crippen MR) is 278 cm³/mol. The molecule has 1 saturated heterocycles. The largest absolute Gasteiger partial charge is 0.493 e. The molecular formula is C55H67N7O13. The first kappa shape index (κ1) is 52.4. The van der Waals surface area contributed by atoms with Crippen LogP contribution in [0.15, 0.2) is 72.9 Å². The molecule has 1 aliphatic carbocycles. The zero-order valence-electron chi connectivity index (χ0n) is 43.3. The molecule has 4 heterocycles. The highest BCUT2D eigenvalue weighted by atomic mass is 16.6. The maximum Gasteiger partial charge on any atom is 0.416 e. The van der Waals surface area contributed by atoms with Crippen molar-refractivity contribution in [2.75, 3.05) is 70.3 Å². The van der Waals surface area contributed by atoms with Crippen LogP contribution in [-0.2, 0) is 20.9 Å². The van der Waals surface area contributed by atoms with Crippen LogP contribution in [0.25, 0.3) is 5.57 Å². The second kappa shape index (κ2) is 21.8. The van der Waals surface area contributed by atoms with Gasteiger partial charge in [-0.1, -0.05) is 32.0 Å². The van der Waals surface area contributed by atoms with Gasteiger partial charge in [-0.2, -0.15) is 0 Å². The van der Waals surface area contributed by atoms with E-state index in [4.69, 9.17) is 38.9 Å². The van der Waals surface area contributed by atoms with Gasteiger partial charge in [-0.15, -0.1) is 0 Å². The van der Waals surface area contributed by atoms with Gasteiger partial charge in [0.15, 0.2) is 47.0 Å². The van der Waals surface area contributed by atoms with Crippen molar-refractivity contribution in [2.45, 2.75) is 96.1 Å². The molecule has 75 heavy (non-hydrogen) atoms. The second-order valence-corrected chi connectivity index (χ2v) is 20.2. The molecule has 4 aromatic rings. The number of nitrogens with zero attached hydrogens (tertiary/aromatic N) is 3. The molecule has 4 amide bonds. The van der Waals surface area contributed by atoms with Crippen molar-refractivity contribution in [3.8, 4) is 34.5 Å². The van der Waals surface area contributed by atoms with Crippen LogP contribution in [0.2, 0.25) is 0 Å². The quantitative estimate of drug-likeness (QED) is 0.0626. The van der Waals surface area contributed by atoms with Gasteiger partial charge in [-0.3, -0.25) is 14.4 Å². The third-order valence-corrected chi connectivity index (χ3v) is 14.9. The summed E-state index contributed by atoms with van der Waals surface area (Å²) in [6.07, 6.45) is 2.19. The average Bonchev–Trinajstić information content (AvgIpc) is 3.92. The summed E-state index contributed by atoms with van der Waals surface area (Å²) >= 11 is 0. The molecule has 5 aliphatic rings. The Bertz CT molecular complexity index is 2840. The number of methoxy groups -OCH3 is 4. The van der Waals surface area contributed by atoms with Gasteiger partial charge >= 0.3 is 6.09 Å². The standard InChI is InChI=1S/C55H67N7O13/c1-30(2)48(56)50(64)58-31(3)49(63)59-35-12-9-32(10-13-35)28-75-54(68)62-40-24-47(45(72-7)22-38(40)52(66)61-29-55(15-16-55)25-41(61)53(62)67)74-18-8-17-73-46-23-39-37(21-44(46)71-6)51(65)60-27-34(19-36(60)26-57-39)33-11-14-42(69-4)43(20-33)70-5/h9-14,20-24,27,30-31,36,41,48,51,53,57,65,67H,8,15-19,25-26,28-29,56H2,1-7H3,(H,58,64)(H,59,63)/t31-,36-,41-,48-,51?,53?/m0/s1. The summed E-state index contributed by atoms with van der Waals surface area (Å²) in [5, 5.41) is 32.7. The Hall–Kier alpha value is -7.42. The summed E-state index contributed by atoms with van der Waals surface area (Å²) in [7, 11) is 6.21. The summed E-state index contributed by atoms with van der Waals surface area (Å²) < 4.78 is 40.8. The Morgan fingerprint density at radius 1 is 0.827 bits per heavy atom. The number of nitrogens with two attached hydrogens (primary N) is 1. The molecule has 0 aromatic heterocycles. The predicted octanol–water partition coefficient (Wildman–Crippen LogP) is 6.00. The molecule has 4 aliphatic heterocycles. The first-order valence-electron chi connectivity index (χ1n) is 25.3. The average molecular weight is 1030 g/mol. The molecule has 2 unspecified atom stereocenters. The smallest absolute Gasteiger partial charge is 0.416 e. The van der Waals surface area contributed by atoms with E-state index in [2.05, 4.69) is 16.0 Å². The number of fused-ring (bicyclic) bond motifs is 4. The Balaban J connectivity index is 0.856. The molecule has 6 atom stereocenters. The topological polar surface area (TPSA) is 245 Å². The third-order valence-electron chi connectivity index (χ3n) is 14.9. The van der Waals surface area contributed by atoms with Gasteiger partial charge < -0.3 is 74.9 Å². The van der Waals surface area contributed by atoms with Crippen LogP contribution in [0.4, 0.5) is 21.9 Å². The number of hydrogen-bond acceptors (Lipinski definition) is 16. The SMILES string of the molecule is COc1ccc(C2=CN3C(O)c4cc(OC)c(OCCCOc5cc6c(cc5OC)C(=O)N5CC7(CC7)C[C@H]5C(O)N6C(=O)OCc5ccc(NC(=O)[C@H](C)NC(=O)[C@@H](N)C(C)C)cc5)cc4NC[C@@H]3C2)cc1OC. The van der Waals surface area contributed by atoms with E-state index in [1.807, 2.05) is 49.2 Å². The fourth-order valence-corrected chi connectivity index (χ4v) is 10.2. The van der Waals surface area contributed by atoms with E-state index in [0.29, 0.717) is 77.9 Å². The number of carbonyl (C=O) groups is 4. The summed E-state index contributed by atoms with van der Waals surface area (Å²) in [6, 6.07) is 16.8. The molecule has 1 spiro atoms. The maximum atomic E-state index is 14.4. The normalized spacial score (nSPS) is 20.7. The zero-order chi connectivity index (χ0) is 53.3. The summed E-state index contributed by atoms with van der Waals surface area (Å²) in [6.45, 7) is 6.38. The van der Waals surface area contributed by atoms with Gasteiger partial charge in [0, 0.05) is 54.8 Å². The minimum absolute atomic E-state index is 0.0277. The summed E-state index contributed by atoms with van der Waals surface area (Å²) in [4.78, 5) is 58.6. The fourth-order valence-electron chi connectivity index (χ4n) is 10.2. The van der Waals surface area contributed by atoms with Gasteiger partial charge in [-0.05, 0) is 97.0 Å². The number of hydrogen-bond donors (Lipinski definition) is 6. The van der Waals surface area contributed by atoms with Crippen molar-refractivity contribution < 1.29 is 62.5 Å². The van der Waals surface area contributed by atoms with Crippen LogP contribution in [-0.4, -0.2) is 129 Å².